The van der Waals surface area contributed by atoms with E-state index in [2.05, 4.69) is 20.8 Å². The van der Waals surface area contributed by atoms with E-state index in [-0.39, 0.29) is 30.1 Å². The molecule has 0 radical (unpaired) electrons. The molecule has 6 nitrogen and oxygen atoms in total. The van der Waals surface area contributed by atoms with E-state index in [1.807, 2.05) is 36.4 Å². The highest BCUT2D eigenvalue weighted by molar-refractivity contribution is 9.10. The molecule has 1 amide bonds. The summed E-state index contributed by atoms with van der Waals surface area (Å²) in [6, 6.07) is 11.9. The van der Waals surface area contributed by atoms with Gasteiger partial charge in [0.1, 0.15) is 5.75 Å². The molecule has 1 atom stereocenters. The molecule has 8 heteroatoms. The average Bonchev–Trinajstić information content (AvgIpc) is 3.06. The molecule has 0 N–H and O–H groups in total. The third-order valence-electron chi connectivity index (χ3n) is 5.53. The average molecular weight is 467 g/mol. The fourth-order valence-electron chi connectivity index (χ4n) is 3.92. The van der Waals surface area contributed by atoms with Crippen LogP contribution in [0, 0.1) is 0 Å². The highest BCUT2D eigenvalue weighted by Gasteiger charge is 2.34. The van der Waals surface area contributed by atoms with Crippen molar-refractivity contribution in [1.82, 2.24) is 9.80 Å². The van der Waals surface area contributed by atoms with Gasteiger partial charge in [-0.15, -0.1) is 0 Å². The molecule has 2 saturated heterocycles. The third-order valence-corrected chi connectivity index (χ3v) is 7.77. The number of hydrogen-bond acceptors (Lipinski definition) is 5. The van der Waals surface area contributed by atoms with E-state index in [4.69, 9.17) is 4.74 Å². The molecule has 2 aliphatic rings. The molecular formula is C20H23BrN2O4S. The van der Waals surface area contributed by atoms with E-state index in [1.165, 1.54) is 0 Å². The summed E-state index contributed by atoms with van der Waals surface area (Å²) < 4.78 is 30.1. The quantitative estimate of drug-likeness (QED) is 0.691. The Kier molecular flexibility index (Phi) is 5.62. The Balaban J connectivity index is 1.28. The molecule has 2 aromatic carbocycles. The summed E-state index contributed by atoms with van der Waals surface area (Å²) in [5.41, 5.74) is 0. The SMILES string of the molecule is O=C(COc1ccc2cc(Br)ccc2c1)N1CCN(C2CCS(=O)(=O)C2)CC1. The molecule has 0 bridgehead atoms. The number of piperazine rings is 1. The molecule has 2 heterocycles. The lowest BCUT2D eigenvalue weighted by Gasteiger charge is -2.37. The minimum atomic E-state index is -2.88. The number of halogens is 1. The Morgan fingerprint density at radius 3 is 2.50 bits per heavy atom. The van der Waals surface area contributed by atoms with Crippen molar-refractivity contribution < 1.29 is 17.9 Å². The van der Waals surface area contributed by atoms with Crippen LogP contribution in [0.3, 0.4) is 0 Å². The zero-order chi connectivity index (χ0) is 19.7. The van der Waals surface area contributed by atoms with Crippen LogP contribution in [0.4, 0.5) is 0 Å². The predicted octanol–water partition coefficient (Wildman–Crippen LogP) is 2.31. The van der Waals surface area contributed by atoms with Gasteiger partial charge >= 0.3 is 0 Å². The lowest BCUT2D eigenvalue weighted by molar-refractivity contribution is -0.135. The molecule has 0 aromatic heterocycles. The van der Waals surface area contributed by atoms with Crippen molar-refractivity contribution >= 4 is 42.4 Å². The second-order valence-corrected chi connectivity index (χ2v) is 10.6. The number of ether oxygens (including phenoxy) is 1. The summed E-state index contributed by atoms with van der Waals surface area (Å²) in [4.78, 5) is 16.5. The smallest absolute Gasteiger partial charge is 0.260 e. The molecule has 28 heavy (non-hydrogen) atoms. The first-order valence-electron chi connectivity index (χ1n) is 9.44. The fraction of sp³-hybridized carbons (Fsp3) is 0.450. The number of hydrogen-bond donors (Lipinski definition) is 0. The first-order valence-corrected chi connectivity index (χ1v) is 12.1. The van der Waals surface area contributed by atoms with Crippen LogP contribution in [0.5, 0.6) is 5.75 Å². The normalized spacial score (nSPS) is 22.5. The maximum absolute atomic E-state index is 12.5. The molecule has 0 saturated carbocycles. The van der Waals surface area contributed by atoms with Crippen molar-refractivity contribution in [2.75, 3.05) is 44.3 Å². The molecule has 150 valence electrons. The second-order valence-electron chi connectivity index (χ2n) is 7.42. The molecule has 0 spiro atoms. The van der Waals surface area contributed by atoms with Crippen molar-refractivity contribution in [1.29, 1.82) is 0 Å². The molecule has 0 aliphatic carbocycles. The minimum Gasteiger partial charge on any atom is -0.484 e. The van der Waals surface area contributed by atoms with Crippen molar-refractivity contribution in [2.45, 2.75) is 12.5 Å². The number of fused-ring (bicyclic) bond motifs is 1. The Morgan fingerprint density at radius 2 is 1.79 bits per heavy atom. The Hall–Kier alpha value is -1.64. The summed E-state index contributed by atoms with van der Waals surface area (Å²) in [7, 11) is -2.88. The van der Waals surface area contributed by atoms with Crippen LogP contribution in [0.2, 0.25) is 0 Å². The van der Waals surface area contributed by atoms with Gasteiger partial charge in [-0.05, 0) is 41.5 Å². The number of carbonyl (C=O) groups is 1. The topological polar surface area (TPSA) is 66.9 Å². The number of rotatable bonds is 4. The van der Waals surface area contributed by atoms with Gasteiger partial charge in [0.15, 0.2) is 16.4 Å². The van der Waals surface area contributed by atoms with Gasteiger partial charge in [0, 0.05) is 36.7 Å². The molecule has 4 rings (SSSR count). The van der Waals surface area contributed by atoms with Gasteiger partial charge < -0.3 is 9.64 Å². The summed E-state index contributed by atoms with van der Waals surface area (Å²) in [5, 5.41) is 2.17. The Labute approximate surface area is 173 Å². The van der Waals surface area contributed by atoms with Crippen molar-refractivity contribution in [2.24, 2.45) is 0 Å². The summed E-state index contributed by atoms with van der Waals surface area (Å²) in [5.74, 6) is 1.18. The number of benzene rings is 2. The van der Waals surface area contributed by atoms with Crippen LogP contribution in [0.25, 0.3) is 10.8 Å². The number of amides is 1. The molecule has 1 unspecified atom stereocenters. The second kappa shape index (κ2) is 8.00. The van der Waals surface area contributed by atoms with Crippen molar-refractivity contribution in [3.8, 4) is 5.75 Å². The Morgan fingerprint density at radius 1 is 1.07 bits per heavy atom. The van der Waals surface area contributed by atoms with E-state index in [9.17, 15) is 13.2 Å². The molecule has 2 aliphatic heterocycles. The van der Waals surface area contributed by atoms with Crippen LogP contribution in [-0.4, -0.2) is 74.5 Å². The van der Waals surface area contributed by atoms with Crippen LogP contribution < -0.4 is 4.74 Å². The first-order chi connectivity index (χ1) is 13.4. The zero-order valence-corrected chi connectivity index (χ0v) is 17.9. The first kappa shape index (κ1) is 19.7. The molecule has 2 aromatic rings. The van der Waals surface area contributed by atoms with Gasteiger partial charge in [-0.1, -0.05) is 28.1 Å². The van der Waals surface area contributed by atoms with Gasteiger partial charge in [0.2, 0.25) is 0 Å². The number of carbonyl (C=O) groups excluding carboxylic acids is 1. The van der Waals surface area contributed by atoms with Crippen molar-refractivity contribution in [3.05, 3.63) is 40.9 Å². The minimum absolute atomic E-state index is 0.0137. The fourth-order valence-corrected chi connectivity index (χ4v) is 6.06. The highest BCUT2D eigenvalue weighted by Crippen LogP contribution is 2.24. The Bertz CT molecular complexity index is 987. The van der Waals surface area contributed by atoms with Crippen LogP contribution >= 0.6 is 15.9 Å². The van der Waals surface area contributed by atoms with Gasteiger partial charge in [-0.3, -0.25) is 9.69 Å². The van der Waals surface area contributed by atoms with Crippen LogP contribution in [-0.2, 0) is 14.6 Å². The van der Waals surface area contributed by atoms with E-state index < -0.39 is 9.84 Å². The van der Waals surface area contributed by atoms with Gasteiger partial charge in [-0.2, -0.15) is 0 Å². The monoisotopic (exact) mass is 466 g/mol. The number of nitrogens with zero attached hydrogens (tertiary/aromatic N) is 2. The summed E-state index contributed by atoms with van der Waals surface area (Å²) in [6.07, 6.45) is 0.706. The van der Waals surface area contributed by atoms with Gasteiger partial charge in [-0.25, -0.2) is 8.42 Å². The maximum Gasteiger partial charge on any atom is 0.260 e. The van der Waals surface area contributed by atoms with Crippen LogP contribution in [0.1, 0.15) is 6.42 Å². The van der Waals surface area contributed by atoms with Gasteiger partial charge in [0.05, 0.1) is 11.5 Å². The highest BCUT2D eigenvalue weighted by atomic mass is 79.9. The molecular weight excluding hydrogens is 444 g/mol. The van der Waals surface area contributed by atoms with E-state index in [0.717, 1.165) is 28.3 Å². The maximum atomic E-state index is 12.5. The van der Waals surface area contributed by atoms with E-state index >= 15 is 0 Å². The molecule has 2 fully saturated rings. The van der Waals surface area contributed by atoms with E-state index in [1.54, 1.807) is 4.90 Å². The summed E-state index contributed by atoms with van der Waals surface area (Å²) in [6.45, 7) is 2.68. The summed E-state index contributed by atoms with van der Waals surface area (Å²) >= 11 is 3.46. The third kappa shape index (κ3) is 4.50. The van der Waals surface area contributed by atoms with Crippen molar-refractivity contribution in [3.63, 3.8) is 0 Å². The zero-order valence-electron chi connectivity index (χ0n) is 15.5. The lowest BCUT2D eigenvalue weighted by Crippen LogP contribution is -2.53. The predicted molar refractivity (Wildman–Crippen MR) is 112 cm³/mol. The van der Waals surface area contributed by atoms with Crippen LogP contribution in [0.15, 0.2) is 40.9 Å². The number of sulfone groups is 1. The largest absolute Gasteiger partial charge is 0.484 e. The standard InChI is InChI=1S/C20H23BrN2O4S/c21-17-3-1-16-12-19(4-2-15(16)11-17)27-13-20(24)23-8-6-22(7-9-23)18-5-10-28(25,26)14-18/h1-4,11-12,18H,5-10,13-14H2. The van der Waals surface area contributed by atoms with Gasteiger partial charge in [0.25, 0.3) is 5.91 Å². The lowest BCUT2D eigenvalue weighted by atomic mass is 10.1. The van der Waals surface area contributed by atoms with E-state index in [0.29, 0.717) is 25.3 Å².